The van der Waals surface area contributed by atoms with E-state index in [2.05, 4.69) is 13.8 Å². The number of aromatic hydroxyl groups is 1. The Morgan fingerprint density at radius 2 is 1.73 bits per heavy atom. The summed E-state index contributed by atoms with van der Waals surface area (Å²) in [6.45, 7) is 4.23. The van der Waals surface area contributed by atoms with Crippen LogP contribution >= 0.6 is 0 Å². The summed E-state index contributed by atoms with van der Waals surface area (Å²) in [4.78, 5) is 0. The SMILES string of the molecule is CC1(C)[C@H](O)CC[C@H]1c1ccc(O)cc1. The molecular weight excluding hydrogens is 188 g/mol. The molecule has 2 N–H and O–H groups in total. The van der Waals surface area contributed by atoms with Crippen LogP contribution in [0.4, 0.5) is 0 Å². The normalized spacial score (nSPS) is 29.3. The molecule has 0 saturated heterocycles. The molecule has 1 saturated carbocycles. The van der Waals surface area contributed by atoms with Gasteiger partial charge in [0.2, 0.25) is 0 Å². The van der Waals surface area contributed by atoms with E-state index < -0.39 is 0 Å². The topological polar surface area (TPSA) is 40.5 Å². The van der Waals surface area contributed by atoms with Gasteiger partial charge in [0.25, 0.3) is 0 Å². The van der Waals surface area contributed by atoms with Crippen molar-refractivity contribution in [1.29, 1.82) is 0 Å². The highest BCUT2D eigenvalue weighted by Gasteiger charge is 2.42. The summed E-state index contributed by atoms with van der Waals surface area (Å²) in [5.41, 5.74) is 1.16. The van der Waals surface area contributed by atoms with Gasteiger partial charge in [-0.15, -0.1) is 0 Å². The van der Waals surface area contributed by atoms with E-state index in [0.717, 1.165) is 12.8 Å². The molecular formula is C13H18O2. The molecule has 2 atom stereocenters. The van der Waals surface area contributed by atoms with Gasteiger partial charge < -0.3 is 10.2 Å². The van der Waals surface area contributed by atoms with Gasteiger partial charge in [-0.25, -0.2) is 0 Å². The molecule has 0 unspecified atom stereocenters. The molecule has 0 aliphatic heterocycles. The van der Waals surface area contributed by atoms with Crippen LogP contribution in [0.15, 0.2) is 24.3 Å². The largest absolute Gasteiger partial charge is 0.508 e. The van der Waals surface area contributed by atoms with Crippen LogP contribution in [0.1, 0.15) is 38.2 Å². The molecule has 82 valence electrons. The number of aliphatic hydroxyl groups is 1. The van der Waals surface area contributed by atoms with E-state index >= 15 is 0 Å². The van der Waals surface area contributed by atoms with Crippen molar-refractivity contribution >= 4 is 0 Å². The minimum absolute atomic E-state index is 0.0586. The Morgan fingerprint density at radius 1 is 1.13 bits per heavy atom. The first-order valence-corrected chi connectivity index (χ1v) is 5.49. The standard InChI is InChI=1S/C13H18O2/c1-13(2)11(7-8-12(13)15)9-3-5-10(14)6-4-9/h3-6,11-12,14-15H,7-8H2,1-2H3/t11-,12+/m0/s1. The summed E-state index contributed by atoms with van der Waals surface area (Å²) >= 11 is 0. The second-order valence-corrected chi connectivity index (χ2v) is 5.06. The highest BCUT2D eigenvalue weighted by Crippen LogP contribution is 2.48. The molecule has 0 aromatic heterocycles. The third-order valence-corrected chi connectivity index (χ3v) is 3.78. The van der Waals surface area contributed by atoms with Crippen LogP contribution in [0.3, 0.4) is 0 Å². The van der Waals surface area contributed by atoms with Gasteiger partial charge in [-0.2, -0.15) is 0 Å². The Kier molecular flexibility index (Phi) is 2.47. The summed E-state index contributed by atoms with van der Waals surface area (Å²) in [6.07, 6.45) is 1.69. The predicted molar refractivity (Wildman–Crippen MR) is 59.9 cm³/mol. The lowest BCUT2D eigenvalue weighted by molar-refractivity contribution is 0.0706. The molecule has 2 heteroatoms. The highest BCUT2D eigenvalue weighted by molar-refractivity contribution is 5.30. The Labute approximate surface area is 90.6 Å². The Bertz CT molecular complexity index is 340. The molecule has 0 spiro atoms. The van der Waals surface area contributed by atoms with E-state index in [9.17, 15) is 10.2 Å². The zero-order valence-corrected chi connectivity index (χ0v) is 9.27. The van der Waals surface area contributed by atoms with Gasteiger partial charge in [-0.05, 0) is 41.9 Å². The molecule has 1 aliphatic rings. The molecule has 1 fully saturated rings. The van der Waals surface area contributed by atoms with E-state index in [4.69, 9.17) is 0 Å². The van der Waals surface area contributed by atoms with Crippen LogP contribution < -0.4 is 0 Å². The van der Waals surface area contributed by atoms with Gasteiger partial charge in [-0.3, -0.25) is 0 Å². The number of hydrogen-bond acceptors (Lipinski definition) is 2. The van der Waals surface area contributed by atoms with Crippen molar-refractivity contribution in [2.45, 2.75) is 38.7 Å². The maximum absolute atomic E-state index is 9.89. The second kappa shape index (κ2) is 3.53. The van der Waals surface area contributed by atoms with Crippen molar-refractivity contribution in [3.05, 3.63) is 29.8 Å². The average Bonchev–Trinajstić information content (AvgIpc) is 2.44. The maximum atomic E-state index is 9.89. The number of phenols is 1. The summed E-state index contributed by atoms with van der Waals surface area (Å²) in [5, 5.41) is 19.1. The Balaban J connectivity index is 2.28. The number of hydrogen-bond donors (Lipinski definition) is 2. The first-order valence-electron chi connectivity index (χ1n) is 5.49. The highest BCUT2D eigenvalue weighted by atomic mass is 16.3. The molecule has 0 amide bonds. The van der Waals surface area contributed by atoms with Crippen molar-refractivity contribution in [2.24, 2.45) is 5.41 Å². The van der Waals surface area contributed by atoms with Crippen LogP contribution in [-0.2, 0) is 0 Å². The third kappa shape index (κ3) is 1.74. The fraction of sp³-hybridized carbons (Fsp3) is 0.538. The molecule has 1 aromatic rings. The van der Waals surface area contributed by atoms with Gasteiger partial charge in [0.1, 0.15) is 5.75 Å². The van der Waals surface area contributed by atoms with Gasteiger partial charge in [0.05, 0.1) is 6.10 Å². The summed E-state index contributed by atoms with van der Waals surface area (Å²) in [5.74, 6) is 0.697. The van der Waals surface area contributed by atoms with E-state index in [0.29, 0.717) is 11.7 Å². The van der Waals surface area contributed by atoms with Crippen molar-refractivity contribution in [3.63, 3.8) is 0 Å². The van der Waals surface area contributed by atoms with Crippen LogP contribution in [-0.4, -0.2) is 16.3 Å². The fourth-order valence-corrected chi connectivity index (χ4v) is 2.60. The van der Waals surface area contributed by atoms with Crippen LogP contribution in [0, 0.1) is 5.41 Å². The number of phenolic OH excluding ortho intramolecular Hbond substituents is 1. The van der Waals surface area contributed by atoms with E-state index in [1.54, 1.807) is 12.1 Å². The summed E-state index contributed by atoms with van der Waals surface area (Å²) in [7, 11) is 0. The minimum atomic E-state index is -0.212. The fourth-order valence-electron chi connectivity index (χ4n) is 2.60. The molecule has 2 rings (SSSR count). The molecule has 15 heavy (non-hydrogen) atoms. The molecule has 1 aromatic carbocycles. The Hall–Kier alpha value is -1.02. The lowest BCUT2D eigenvalue weighted by Crippen LogP contribution is -2.27. The second-order valence-electron chi connectivity index (χ2n) is 5.06. The van der Waals surface area contributed by atoms with Gasteiger partial charge >= 0.3 is 0 Å². The zero-order valence-electron chi connectivity index (χ0n) is 9.27. The summed E-state index contributed by atoms with van der Waals surface area (Å²) in [6, 6.07) is 7.35. The van der Waals surface area contributed by atoms with Crippen LogP contribution in [0.2, 0.25) is 0 Å². The summed E-state index contributed by atoms with van der Waals surface area (Å²) < 4.78 is 0. The van der Waals surface area contributed by atoms with Gasteiger partial charge in [0.15, 0.2) is 0 Å². The molecule has 0 radical (unpaired) electrons. The van der Waals surface area contributed by atoms with Gasteiger partial charge in [0, 0.05) is 0 Å². The van der Waals surface area contributed by atoms with E-state index in [-0.39, 0.29) is 11.5 Å². The van der Waals surface area contributed by atoms with Crippen LogP contribution in [0.5, 0.6) is 5.75 Å². The van der Waals surface area contributed by atoms with Crippen molar-refractivity contribution in [2.75, 3.05) is 0 Å². The monoisotopic (exact) mass is 206 g/mol. The molecule has 0 heterocycles. The van der Waals surface area contributed by atoms with Crippen molar-refractivity contribution in [3.8, 4) is 5.75 Å². The van der Waals surface area contributed by atoms with E-state index in [1.807, 2.05) is 12.1 Å². The number of benzene rings is 1. The van der Waals surface area contributed by atoms with Gasteiger partial charge in [-0.1, -0.05) is 26.0 Å². The molecule has 1 aliphatic carbocycles. The molecule has 0 bridgehead atoms. The predicted octanol–water partition coefficient (Wildman–Crippen LogP) is 2.66. The van der Waals surface area contributed by atoms with Crippen molar-refractivity contribution in [1.82, 2.24) is 0 Å². The average molecular weight is 206 g/mol. The Morgan fingerprint density at radius 3 is 2.20 bits per heavy atom. The first kappa shape index (κ1) is 10.5. The van der Waals surface area contributed by atoms with Crippen molar-refractivity contribution < 1.29 is 10.2 Å². The third-order valence-electron chi connectivity index (χ3n) is 3.78. The maximum Gasteiger partial charge on any atom is 0.115 e. The number of rotatable bonds is 1. The smallest absolute Gasteiger partial charge is 0.115 e. The first-order chi connectivity index (χ1) is 7.01. The quantitative estimate of drug-likeness (QED) is 0.741. The number of aliphatic hydroxyl groups excluding tert-OH is 1. The molecule has 2 nitrogen and oxygen atoms in total. The lowest BCUT2D eigenvalue weighted by Gasteiger charge is -2.30. The van der Waals surface area contributed by atoms with Crippen LogP contribution in [0.25, 0.3) is 0 Å². The van der Waals surface area contributed by atoms with E-state index in [1.165, 1.54) is 5.56 Å². The zero-order chi connectivity index (χ0) is 11.1. The lowest BCUT2D eigenvalue weighted by atomic mass is 9.76. The minimum Gasteiger partial charge on any atom is -0.508 e.